The average Bonchev–Trinajstić information content (AvgIpc) is 3.28. The molecule has 160 valence electrons. The third-order valence-electron chi connectivity index (χ3n) is 4.65. The monoisotopic (exact) mass is 400 g/mol. The third kappa shape index (κ3) is 6.13. The van der Waals surface area contributed by atoms with E-state index in [2.05, 4.69) is 10.3 Å². The number of aliphatic hydroxyl groups excluding tert-OH is 3. The maximum atomic E-state index is 12.4. The number of amides is 1. The first-order valence-electron chi connectivity index (χ1n) is 9.51. The second kappa shape index (κ2) is 9.64. The van der Waals surface area contributed by atoms with Gasteiger partial charge >= 0.3 is 6.09 Å². The molecule has 0 bridgehead atoms. The van der Waals surface area contributed by atoms with Crippen molar-refractivity contribution in [1.29, 1.82) is 0 Å². The number of nitrogens with zero attached hydrogens (tertiary/aromatic N) is 4. The Bertz CT molecular complexity index is 618. The van der Waals surface area contributed by atoms with Crippen LogP contribution in [0.15, 0.2) is 6.20 Å². The molecule has 2 heterocycles. The summed E-state index contributed by atoms with van der Waals surface area (Å²) in [6.45, 7) is 5.71. The lowest BCUT2D eigenvalue weighted by atomic mass is 9.93. The van der Waals surface area contributed by atoms with Gasteiger partial charge in [-0.2, -0.15) is 0 Å². The van der Waals surface area contributed by atoms with E-state index in [1.165, 1.54) is 0 Å². The van der Waals surface area contributed by atoms with E-state index in [1.807, 2.05) is 20.8 Å². The van der Waals surface area contributed by atoms with Gasteiger partial charge in [0.15, 0.2) is 0 Å². The lowest BCUT2D eigenvalue weighted by Crippen LogP contribution is -2.41. The van der Waals surface area contributed by atoms with Gasteiger partial charge in [-0.3, -0.25) is 4.68 Å². The summed E-state index contributed by atoms with van der Waals surface area (Å²) in [4.78, 5) is 14.1. The third-order valence-corrected chi connectivity index (χ3v) is 4.65. The van der Waals surface area contributed by atoms with Crippen LogP contribution in [0.3, 0.4) is 0 Å². The van der Waals surface area contributed by atoms with Gasteiger partial charge in [-0.25, -0.2) is 4.79 Å². The van der Waals surface area contributed by atoms with Crippen molar-refractivity contribution in [3.63, 3.8) is 0 Å². The lowest BCUT2D eigenvalue weighted by molar-refractivity contribution is -0.0626. The van der Waals surface area contributed by atoms with Crippen LogP contribution in [0.25, 0.3) is 0 Å². The average molecular weight is 400 g/mol. The molecule has 1 aromatic heterocycles. The summed E-state index contributed by atoms with van der Waals surface area (Å²) < 4.78 is 12.6. The highest BCUT2D eigenvalue weighted by Crippen LogP contribution is 2.22. The standard InChI is InChI=1S/C18H32N4O6/c1-17(2,3)28-16(26)22-6-4-5-15(22)8-21-7-14(19-20-21)9-27-13-18(10-23,11-24)12-25/h7,15,23-25H,4-6,8-13H2,1-3H3/t15-/m0/s1. The maximum Gasteiger partial charge on any atom is 0.410 e. The molecule has 1 aromatic rings. The smallest absolute Gasteiger partial charge is 0.410 e. The Morgan fingerprint density at radius 2 is 1.93 bits per heavy atom. The van der Waals surface area contributed by atoms with Crippen molar-refractivity contribution in [1.82, 2.24) is 19.9 Å². The molecule has 0 unspecified atom stereocenters. The summed E-state index contributed by atoms with van der Waals surface area (Å²) in [5, 5.41) is 36.0. The molecule has 10 nitrogen and oxygen atoms in total. The van der Waals surface area contributed by atoms with E-state index in [0.29, 0.717) is 18.8 Å². The first-order valence-corrected chi connectivity index (χ1v) is 9.51. The topological polar surface area (TPSA) is 130 Å². The van der Waals surface area contributed by atoms with Crippen LogP contribution in [0, 0.1) is 5.41 Å². The predicted molar refractivity (Wildman–Crippen MR) is 99.3 cm³/mol. The quantitative estimate of drug-likeness (QED) is 0.534. The molecule has 3 N–H and O–H groups in total. The van der Waals surface area contributed by atoms with Crippen molar-refractivity contribution in [3.05, 3.63) is 11.9 Å². The van der Waals surface area contributed by atoms with Gasteiger partial charge in [0.05, 0.1) is 57.2 Å². The maximum absolute atomic E-state index is 12.4. The van der Waals surface area contributed by atoms with E-state index in [4.69, 9.17) is 9.47 Å². The van der Waals surface area contributed by atoms with E-state index in [1.54, 1.807) is 15.8 Å². The molecule has 1 aliphatic rings. The second-order valence-corrected chi connectivity index (χ2v) is 8.37. The van der Waals surface area contributed by atoms with Gasteiger partial charge < -0.3 is 29.7 Å². The molecular weight excluding hydrogens is 368 g/mol. The van der Waals surface area contributed by atoms with Crippen LogP contribution in [0.5, 0.6) is 0 Å². The summed E-state index contributed by atoms with van der Waals surface area (Å²) >= 11 is 0. The van der Waals surface area contributed by atoms with Crippen molar-refractivity contribution >= 4 is 6.09 Å². The molecule has 0 aromatic carbocycles. The van der Waals surface area contributed by atoms with Gasteiger partial charge in [0.1, 0.15) is 11.3 Å². The number of hydrogen-bond donors (Lipinski definition) is 3. The molecule has 2 rings (SSSR count). The summed E-state index contributed by atoms with van der Waals surface area (Å²) in [5.74, 6) is 0. The van der Waals surface area contributed by atoms with Crippen LogP contribution in [0.1, 0.15) is 39.3 Å². The van der Waals surface area contributed by atoms with Crippen LogP contribution >= 0.6 is 0 Å². The molecule has 0 saturated carbocycles. The number of aromatic nitrogens is 3. The normalized spacial score (nSPS) is 17.9. The Kier molecular flexibility index (Phi) is 7.76. The number of hydrogen-bond acceptors (Lipinski definition) is 8. The molecule has 1 amide bonds. The number of ether oxygens (including phenoxy) is 2. The minimum absolute atomic E-state index is 0.00158. The zero-order chi connectivity index (χ0) is 20.8. The number of likely N-dealkylation sites (tertiary alicyclic amines) is 1. The largest absolute Gasteiger partial charge is 0.444 e. The summed E-state index contributed by atoms with van der Waals surface area (Å²) in [6.07, 6.45) is 3.22. The van der Waals surface area contributed by atoms with E-state index in [9.17, 15) is 20.1 Å². The highest BCUT2D eigenvalue weighted by atomic mass is 16.6. The molecule has 1 fully saturated rings. The fourth-order valence-electron chi connectivity index (χ4n) is 2.96. The molecule has 1 atom stereocenters. The zero-order valence-corrected chi connectivity index (χ0v) is 16.9. The van der Waals surface area contributed by atoms with Gasteiger partial charge in [-0.15, -0.1) is 5.10 Å². The van der Waals surface area contributed by atoms with Gasteiger partial charge in [-0.05, 0) is 33.6 Å². The van der Waals surface area contributed by atoms with E-state index in [-0.39, 0.29) is 45.2 Å². The number of aliphatic hydroxyl groups is 3. The van der Waals surface area contributed by atoms with Crippen LogP contribution < -0.4 is 0 Å². The van der Waals surface area contributed by atoms with Crippen molar-refractivity contribution in [2.45, 2.75) is 58.4 Å². The zero-order valence-electron chi connectivity index (χ0n) is 16.9. The number of rotatable bonds is 9. The van der Waals surface area contributed by atoms with E-state index < -0.39 is 11.0 Å². The Morgan fingerprint density at radius 3 is 2.54 bits per heavy atom. The summed E-state index contributed by atoms with van der Waals surface area (Å²) in [7, 11) is 0. The Morgan fingerprint density at radius 1 is 1.25 bits per heavy atom. The van der Waals surface area contributed by atoms with Crippen LogP contribution in [0.4, 0.5) is 4.79 Å². The highest BCUT2D eigenvalue weighted by Gasteiger charge is 2.32. The van der Waals surface area contributed by atoms with E-state index >= 15 is 0 Å². The molecule has 10 heteroatoms. The molecular formula is C18H32N4O6. The molecule has 1 saturated heterocycles. The Hall–Kier alpha value is -1.75. The van der Waals surface area contributed by atoms with Gasteiger partial charge in [0, 0.05) is 6.54 Å². The van der Waals surface area contributed by atoms with Crippen molar-refractivity contribution in [2.75, 3.05) is 33.0 Å². The molecule has 0 radical (unpaired) electrons. The SMILES string of the molecule is CC(C)(C)OC(=O)N1CCC[C@H]1Cn1cc(COCC(CO)(CO)CO)nn1. The molecule has 0 spiro atoms. The van der Waals surface area contributed by atoms with Crippen LogP contribution in [-0.4, -0.2) is 85.9 Å². The van der Waals surface area contributed by atoms with E-state index in [0.717, 1.165) is 12.8 Å². The fourth-order valence-corrected chi connectivity index (χ4v) is 2.96. The van der Waals surface area contributed by atoms with Gasteiger partial charge in [-0.1, -0.05) is 5.21 Å². The minimum Gasteiger partial charge on any atom is -0.444 e. The van der Waals surface area contributed by atoms with Gasteiger partial charge in [0.2, 0.25) is 0 Å². The summed E-state index contributed by atoms with van der Waals surface area (Å²) in [6, 6.07) is -0.00358. The van der Waals surface area contributed by atoms with Gasteiger partial charge in [0.25, 0.3) is 0 Å². The van der Waals surface area contributed by atoms with Crippen molar-refractivity contribution < 1.29 is 29.6 Å². The lowest BCUT2D eigenvalue weighted by Gasteiger charge is -2.28. The number of carbonyl (C=O) groups is 1. The fraction of sp³-hybridized carbons (Fsp3) is 0.833. The van der Waals surface area contributed by atoms with Crippen molar-refractivity contribution in [3.8, 4) is 0 Å². The minimum atomic E-state index is -1.08. The van der Waals surface area contributed by atoms with Crippen molar-refractivity contribution in [2.24, 2.45) is 5.41 Å². The number of carbonyl (C=O) groups excluding carboxylic acids is 1. The first-order chi connectivity index (χ1) is 13.2. The first kappa shape index (κ1) is 22.5. The Balaban J connectivity index is 1.87. The molecule has 28 heavy (non-hydrogen) atoms. The van der Waals surface area contributed by atoms with Crippen LogP contribution in [0.2, 0.25) is 0 Å². The highest BCUT2D eigenvalue weighted by molar-refractivity contribution is 5.68. The summed E-state index contributed by atoms with van der Waals surface area (Å²) in [5.41, 5.74) is -1.02. The molecule has 1 aliphatic heterocycles. The predicted octanol–water partition coefficient (Wildman–Crippen LogP) is 0.158. The Labute approximate surface area is 165 Å². The second-order valence-electron chi connectivity index (χ2n) is 8.37. The molecule has 0 aliphatic carbocycles. The van der Waals surface area contributed by atoms with Crippen LogP contribution in [-0.2, 0) is 22.6 Å².